The first kappa shape index (κ1) is 14.1. The van der Waals surface area contributed by atoms with Crippen molar-refractivity contribution in [2.45, 2.75) is 39.9 Å². The normalized spacial score (nSPS) is 11.0. The molecule has 2 rings (SSSR count). The molecule has 0 spiro atoms. The summed E-state index contributed by atoms with van der Waals surface area (Å²) < 4.78 is 3.74. The second kappa shape index (κ2) is 5.77. The zero-order valence-electron chi connectivity index (χ0n) is 12.0. The molecule has 7 nitrogen and oxygen atoms in total. The first-order valence-electron chi connectivity index (χ1n) is 6.65. The van der Waals surface area contributed by atoms with Gasteiger partial charge in [-0.25, -0.2) is 0 Å². The quantitative estimate of drug-likeness (QED) is 0.858. The van der Waals surface area contributed by atoms with Gasteiger partial charge in [-0.05, 0) is 26.8 Å². The number of nitrogen functional groups attached to an aromatic ring is 1. The molecule has 0 saturated carbocycles. The van der Waals surface area contributed by atoms with Crippen LogP contribution in [-0.2, 0) is 13.1 Å². The van der Waals surface area contributed by atoms with Crippen molar-refractivity contribution in [3.8, 4) is 0 Å². The summed E-state index contributed by atoms with van der Waals surface area (Å²) >= 11 is 0. The Kier molecular flexibility index (Phi) is 4.07. The Morgan fingerprint density at radius 1 is 1.50 bits per heavy atom. The second-order valence-corrected chi connectivity index (χ2v) is 4.88. The van der Waals surface area contributed by atoms with E-state index in [4.69, 9.17) is 5.73 Å². The molecule has 0 bridgehead atoms. The SMILES string of the molecule is CCn1cnnc1CNC(=O)c1cc(N)cn1C(C)C. The molecular formula is C13H20N6O. The predicted molar refractivity (Wildman–Crippen MR) is 76.1 cm³/mol. The molecule has 0 aliphatic heterocycles. The lowest BCUT2D eigenvalue weighted by Gasteiger charge is -2.12. The standard InChI is InChI=1S/C13H20N6O/c1-4-18-8-16-17-12(18)6-15-13(20)11-5-10(14)7-19(11)9(2)3/h5,7-9H,4,6,14H2,1-3H3,(H,15,20). The summed E-state index contributed by atoms with van der Waals surface area (Å²) in [7, 11) is 0. The van der Waals surface area contributed by atoms with E-state index in [-0.39, 0.29) is 11.9 Å². The molecule has 0 unspecified atom stereocenters. The van der Waals surface area contributed by atoms with Gasteiger partial charge in [0.25, 0.3) is 5.91 Å². The van der Waals surface area contributed by atoms with E-state index in [9.17, 15) is 4.79 Å². The largest absolute Gasteiger partial charge is 0.397 e. The van der Waals surface area contributed by atoms with Gasteiger partial charge in [-0.3, -0.25) is 4.79 Å². The molecule has 0 aromatic carbocycles. The van der Waals surface area contributed by atoms with Crippen LogP contribution in [0, 0.1) is 0 Å². The van der Waals surface area contributed by atoms with Crippen molar-refractivity contribution in [1.82, 2.24) is 24.6 Å². The van der Waals surface area contributed by atoms with Crippen molar-refractivity contribution in [2.24, 2.45) is 0 Å². The van der Waals surface area contributed by atoms with Gasteiger partial charge in [0.05, 0.1) is 12.2 Å². The van der Waals surface area contributed by atoms with Crippen LogP contribution in [-0.4, -0.2) is 25.2 Å². The summed E-state index contributed by atoms with van der Waals surface area (Å²) in [6.45, 7) is 7.12. The lowest BCUT2D eigenvalue weighted by Crippen LogP contribution is -2.27. The van der Waals surface area contributed by atoms with Gasteiger partial charge in [-0.1, -0.05) is 0 Å². The number of amides is 1. The Balaban J connectivity index is 2.09. The van der Waals surface area contributed by atoms with Crippen LogP contribution in [0.2, 0.25) is 0 Å². The fraction of sp³-hybridized carbons (Fsp3) is 0.462. The minimum absolute atomic E-state index is 0.166. The van der Waals surface area contributed by atoms with Crippen LogP contribution in [0.25, 0.3) is 0 Å². The Morgan fingerprint density at radius 2 is 2.25 bits per heavy atom. The third-order valence-electron chi connectivity index (χ3n) is 3.10. The topological polar surface area (TPSA) is 90.8 Å². The Morgan fingerprint density at radius 3 is 2.90 bits per heavy atom. The highest BCUT2D eigenvalue weighted by Crippen LogP contribution is 2.16. The van der Waals surface area contributed by atoms with Crippen LogP contribution in [0.15, 0.2) is 18.6 Å². The number of rotatable bonds is 5. The minimum atomic E-state index is -0.166. The number of carbonyl (C=O) groups is 1. The van der Waals surface area contributed by atoms with Gasteiger partial charge in [0.15, 0.2) is 5.82 Å². The first-order valence-corrected chi connectivity index (χ1v) is 6.65. The molecule has 0 radical (unpaired) electrons. The van der Waals surface area contributed by atoms with Crippen LogP contribution >= 0.6 is 0 Å². The molecule has 108 valence electrons. The van der Waals surface area contributed by atoms with E-state index in [1.165, 1.54) is 0 Å². The zero-order valence-corrected chi connectivity index (χ0v) is 12.0. The van der Waals surface area contributed by atoms with Gasteiger partial charge in [0.2, 0.25) is 0 Å². The number of hydrogen-bond acceptors (Lipinski definition) is 4. The molecule has 0 atom stereocenters. The molecule has 0 aliphatic carbocycles. The monoisotopic (exact) mass is 276 g/mol. The van der Waals surface area contributed by atoms with Gasteiger partial charge in [0, 0.05) is 18.8 Å². The molecule has 2 aromatic heterocycles. The maximum absolute atomic E-state index is 12.2. The fourth-order valence-corrected chi connectivity index (χ4v) is 2.04. The van der Waals surface area contributed by atoms with E-state index in [2.05, 4.69) is 15.5 Å². The average Bonchev–Trinajstić information content (AvgIpc) is 3.01. The predicted octanol–water partition coefficient (Wildman–Crippen LogP) is 1.19. The van der Waals surface area contributed by atoms with E-state index in [1.54, 1.807) is 18.6 Å². The van der Waals surface area contributed by atoms with Crippen LogP contribution in [0.3, 0.4) is 0 Å². The Labute approximate surface area is 117 Å². The molecule has 1 amide bonds. The number of aromatic nitrogens is 4. The van der Waals surface area contributed by atoms with Gasteiger partial charge < -0.3 is 20.2 Å². The highest BCUT2D eigenvalue weighted by atomic mass is 16.1. The number of carbonyl (C=O) groups excluding carboxylic acids is 1. The summed E-state index contributed by atoms with van der Waals surface area (Å²) in [5.41, 5.74) is 6.90. The van der Waals surface area contributed by atoms with Gasteiger partial charge in [-0.15, -0.1) is 10.2 Å². The maximum Gasteiger partial charge on any atom is 0.268 e. The van der Waals surface area contributed by atoms with Crippen molar-refractivity contribution < 1.29 is 4.79 Å². The van der Waals surface area contributed by atoms with E-state index in [0.29, 0.717) is 17.9 Å². The van der Waals surface area contributed by atoms with Crippen LogP contribution in [0.4, 0.5) is 5.69 Å². The second-order valence-electron chi connectivity index (χ2n) is 4.88. The number of aryl methyl sites for hydroxylation is 1. The van der Waals surface area contributed by atoms with Gasteiger partial charge >= 0.3 is 0 Å². The molecule has 2 aromatic rings. The van der Waals surface area contributed by atoms with E-state index >= 15 is 0 Å². The Bertz CT molecular complexity index is 598. The lowest BCUT2D eigenvalue weighted by atomic mass is 10.3. The van der Waals surface area contributed by atoms with E-state index in [1.807, 2.05) is 29.9 Å². The molecule has 0 saturated heterocycles. The molecule has 20 heavy (non-hydrogen) atoms. The van der Waals surface area contributed by atoms with Crippen LogP contribution < -0.4 is 11.1 Å². The summed E-state index contributed by atoms with van der Waals surface area (Å²) in [6, 6.07) is 1.85. The highest BCUT2D eigenvalue weighted by molar-refractivity contribution is 5.93. The number of nitrogens with zero attached hydrogens (tertiary/aromatic N) is 4. The molecule has 7 heteroatoms. The lowest BCUT2D eigenvalue weighted by molar-refractivity contribution is 0.0938. The fourth-order valence-electron chi connectivity index (χ4n) is 2.04. The third kappa shape index (κ3) is 2.81. The maximum atomic E-state index is 12.2. The summed E-state index contributed by atoms with van der Waals surface area (Å²) in [5, 5.41) is 10.7. The summed E-state index contributed by atoms with van der Waals surface area (Å²) in [4.78, 5) is 12.2. The number of nitrogens with two attached hydrogens (primary N) is 1. The number of anilines is 1. The van der Waals surface area contributed by atoms with Crippen molar-refractivity contribution in [3.05, 3.63) is 30.1 Å². The molecule has 3 N–H and O–H groups in total. The van der Waals surface area contributed by atoms with E-state index < -0.39 is 0 Å². The number of nitrogens with one attached hydrogen (secondary N) is 1. The third-order valence-corrected chi connectivity index (χ3v) is 3.10. The smallest absolute Gasteiger partial charge is 0.268 e. The average molecular weight is 276 g/mol. The van der Waals surface area contributed by atoms with E-state index in [0.717, 1.165) is 12.4 Å². The van der Waals surface area contributed by atoms with Crippen LogP contribution in [0.5, 0.6) is 0 Å². The molecule has 2 heterocycles. The number of hydrogen-bond donors (Lipinski definition) is 2. The summed E-state index contributed by atoms with van der Waals surface area (Å²) in [5.74, 6) is 0.567. The van der Waals surface area contributed by atoms with Crippen molar-refractivity contribution in [3.63, 3.8) is 0 Å². The van der Waals surface area contributed by atoms with Crippen molar-refractivity contribution in [1.29, 1.82) is 0 Å². The molecule has 0 fully saturated rings. The summed E-state index contributed by atoms with van der Waals surface area (Å²) in [6.07, 6.45) is 3.42. The van der Waals surface area contributed by atoms with Crippen LogP contribution in [0.1, 0.15) is 43.1 Å². The van der Waals surface area contributed by atoms with Crippen molar-refractivity contribution >= 4 is 11.6 Å². The molecule has 0 aliphatic rings. The first-order chi connectivity index (χ1) is 9.52. The zero-order chi connectivity index (χ0) is 14.7. The van der Waals surface area contributed by atoms with Crippen molar-refractivity contribution in [2.75, 3.05) is 5.73 Å². The van der Waals surface area contributed by atoms with Gasteiger partial charge in [-0.2, -0.15) is 0 Å². The minimum Gasteiger partial charge on any atom is -0.397 e. The van der Waals surface area contributed by atoms with Gasteiger partial charge in [0.1, 0.15) is 12.0 Å². The highest BCUT2D eigenvalue weighted by Gasteiger charge is 2.15. The Hall–Kier alpha value is -2.31. The molecular weight excluding hydrogens is 256 g/mol.